The molecule has 2 aromatic rings. The number of carboxylic acid groups (broad SMARTS) is 1. The summed E-state index contributed by atoms with van der Waals surface area (Å²) in [5.41, 5.74) is 0.938. The van der Waals surface area contributed by atoms with Crippen molar-refractivity contribution in [3.8, 4) is 0 Å². The lowest BCUT2D eigenvalue weighted by atomic mass is 9.78. The molecule has 1 fully saturated rings. The molecule has 0 unspecified atom stereocenters. The van der Waals surface area contributed by atoms with Gasteiger partial charge in [0.2, 0.25) is 0 Å². The number of anilines is 1. The highest BCUT2D eigenvalue weighted by Gasteiger charge is 2.33. The molecular weight excluding hydrogens is 438 g/mol. The number of aromatic nitrogens is 2. The second-order valence-electron chi connectivity index (χ2n) is 11.2. The van der Waals surface area contributed by atoms with Crippen molar-refractivity contribution in [1.82, 2.24) is 9.55 Å². The first-order valence-corrected chi connectivity index (χ1v) is 15.3. The Balaban J connectivity index is 1.65. The first-order valence-electron chi connectivity index (χ1n) is 11.6. The number of hydrogen-bond acceptors (Lipinski definition) is 6. The van der Waals surface area contributed by atoms with Gasteiger partial charge in [-0.15, -0.1) is 0 Å². The molecule has 0 saturated heterocycles. The van der Waals surface area contributed by atoms with Crippen molar-refractivity contribution in [3.05, 3.63) is 24.0 Å². The summed E-state index contributed by atoms with van der Waals surface area (Å²) in [6, 6.07) is 3.08. The molecule has 2 N–H and O–H groups in total. The van der Waals surface area contributed by atoms with Gasteiger partial charge in [0.1, 0.15) is 23.5 Å². The van der Waals surface area contributed by atoms with E-state index in [0.29, 0.717) is 31.1 Å². The van der Waals surface area contributed by atoms with Crippen LogP contribution < -0.4 is 5.32 Å². The topological polar surface area (TPSA) is 103 Å². The molecule has 2 heterocycles. The number of carbonyl (C=O) groups is 2. The second kappa shape index (κ2) is 9.85. The Labute approximate surface area is 196 Å². The quantitative estimate of drug-likeness (QED) is 0.284. The van der Waals surface area contributed by atoms with Crippen LogP contribution in [-0.4, -0.2) is 52.9 Å². The minimum Gasteiger partial charge on any atom is -0.478 e. The number of carboxylic acids is 1. The van der Waals surface area contributed by atoms with E-state index in [1.54, 1.807) is 0 Å². The number of aromatic carboxylic acids is 1. The van der Waals surface area contributed by atoms with Gasteiger partial charge in [0.05, 0.1) is 5.69 Å². The molecule has 0 atom stereocenters. The van der Waals surface area contributed by atoms with Crippen LogP contribution in [0.2, 0.25) is 25.7 Å². The van der Waals surface area contributed by atoms with E-state index in [9.17, 15) is 14.7 Å². The van der Waals surface area contributed by atoms with E-state index in [1.165, 1.54) is 6.20 Å². The highest BCUT2D eigenvalue weighted by molar-refractivity contribution is 6.76. The smallest absolute Gasteiger partial charge is 0.339 e. The first-order chi connectivity index (χ1) is 15.3. The number of ether oxygens (including phenoxy) is 2. The average molecular weight is 476 g/mol. The summed E-state index contributed by atoms with van der Waals surface area (Å²) in [7, 11) is -1.16. The van der Waals surface area contributed by atoms with Gasteiger partial charge in [-0.1, -0.05) is 19.6 Å². The van der Waals surface area contributed by atoms with Crippen LogP contribution in [0, 0.1) is 5.92 Å². The molecule has 1 saturated carbocycles. The number of nitrogens with zero attached hydrogens (tertiary/aromatic N) is 2. The fourth-order valence-electron chi connectivity index (χ4n) is 3.94. The molecule has 9 heteroatoms. The summed E-state index contributed by atoms with van der Waals surface area (Å²) >= 11 is 0. The molecule has 0 radical (unpaired) electrons. The van der Waals surface area contributed by atoms with Crippen LogP contribution in [0.3, 0.4) is 0 Å². The minimum absolute atomic E-state index is 0.109. The van der Waals surface area contributed by atoms with Gasteiger partial charge in [-0.25, -0.2) is 9.78 Å². The summed E-state index contributed by atoms with van der Waals surface area (Å²) < 4.78 is 13.2. The Morgan fingerprint density at radius 3 is 2.58 bits per heavy atom. The first kappa shape index (κ1) is 25.2. The SMILES string of the molecule is CC(C)(C)OC(=O)CC1CC(Nc2c(C(=O)O)cnc3c2ccn3COCC[Si](C)(C)C)C1. The van der Waals surface area contributed by atoms with Gasteiger partial charge in [-0.3, -0.25) is 4.79 Å². The predicted molar refractivity (Wildman–Crippen MR) is 131 cm³/mol. The molecule has 0 bridgehead atoms. The van der Waals surface area contributed by atoms with Crippen LogP contribution in [-0.2, 0) is 21.0 Å². The van der Waals surface area contributed by atoms with E-state index in [0.717, 1.165) is 24.3 Å². The van der Waals surface area contributed by atoms with Crippen LogP contribution in [0.15, 0.2) is 18.5 Å². The maximum Gasteiger partial charge on any atom is 0.339 e. The fourth-order valence-corrected chi connectivity index (χ4v) is 4.70. The molecule has 182 valence electrons. The zero-order chi connectivity index (χ0) is 24.4. The van der Waals surface area contributed by atoms with Crippen molar-refractivity contribution in [2.45, 2.75) is 84.1 Å². The number of rotatable bonds is 10. The average Bonchev–Trinajstić information content (AvgIpc) is 3.04. The molecule has 0 aliphatic heterocycles. The number of carbonyl (C=O) groups excluding carboxylic acids is 1. The van der Waals surface area contributed by atoms with E-state index in [4.69, 9.17) is 9.47 Å². The number of hydrogen-bond donors (Lipinski definition) is 2. The lowest BCUT2D eigenvalue weighted by Crippen LogP contribution is -2.38. The summed E-state index contributed by atoms with van der Waals surface area (Å²) in [5.74, 6) is -0.960. The molecule has 0 amide bonds. The van der Waals surface area contributed by atoms with Crippen LogP contribution in [0.5, 0.6) is 0 Å². The van der Waals surface area contributed by atoms with Gasteiger partial charge in [0, 0.05) is 44.9 Å². The highest BCUT2D eigenvalue weighted by Crippen LogP contribution is 2.36. The molecule has 0 aromatic carbocycles. The summed E-state index contributed by atoms with van der Waals surface area (Å²) in [5, 5.41) is 13.9. The second-order valence-corrected chi connectivity index (χ2v) is 16.8. The molecular formula is C24H37N3O5Si. The van der Waals surface area contributed by atoms with Crippen molar-refractivity contribution in [2.24, 2.45) is 5.92 Å². The van der Waals surface area contributed by atoms with Gasteiger partial charge in [0.25, 0.3) is 0 Å². The van der Waals surface area contributed by atoms with Crippen LogP contribution in [0.1, 0.15) is 50.4 Å². The lowest BCUT2D eigenvalue weighted by Gasteiger charge is -2.36. The monoisotopic (exact) mass is 475 g/mol. The Kier molecular flexibility index (Phi) is 7.53. The van der Waals surface area contributed by atoms with Crippen molar-refractivity contribution < 1.29 is 24.2 Å². The zero-order valence-electron chi connectivity index (χ0n) is 20.6. The van der Waals surface area contributed by atoms with Crippen LogP contribution in [0.4, 0.5) is 5.69 Å². The van der Waals surface area contributed by atoms with Crippen molar-refractivity contribution in [1.29, 1.82) is 0 Å². The van der Waals surface area contributed by atoms with E-state index < -0.39 is 19.6 Å². The summed E-state index contributed by atoms with van der Waals surface area (Å²) in [6.07, 6.45) is 5.26. The van der Waals surface area contributed by atoms with Gasteiger partial charge in [-0.05, 0) is 51.6 Å². The van der Waals surface area contributed by atoms with E-state index in [2.05, 4.69) is 29.9 Å². The number of esters is 1. The molecule has 33 heavy (non-hydrogen) atoms. The fraction of sp³-hybridized carbons (Fsp3) is 0.625. The minimum atomic E-state index is -1.16. The van der Waals surface area contributed by atoms with E-state index in [-0.39, 0.29) is 23.5 Å². The zero-order valence-corrected chi connectivity index (χ0v) is 21.6. The van der Waals surface area contributed by atoms with Gasteiger partial charge < -0.3 is 24.5 Å². The number of nitrogens with one attached hydrogen (secondary N) is 1. The molecule has 0 spiro atoms. The van der Waals surface area contributed by atoms with E-state index in [1.807, 2.05) is 37.6 Å². The summed E-state index contributed by atoms with van der Waals surface area (Å²) in [6.45, 7) is 13.6. The van der Waals surface area contributed by atoms with Crippen molar-refractivity contribution in [3.63, 3.8) is 0 Å². The molecule has 2 aromatic heterocycles. The summed E-state index contributed by atoms with van der Waals surface area (Å²) in [4.78, 5) is 28.3. The molecule has 3 rings (SSSR count). The third kappa shape index (κ3) is 7.04. The predicted octanol–water partition coefficient (Wildman–Crippen LogP) is 4.97. The van der Waals surface area contributed by atoms with Crippen molar-refractivity contribution in [2.75, 3.05) is 11.9 Å². The van der Waals surface area contributed by atoms with Gasteiger partial charge >= 0.3 is 11.9 Å². The maximum atomic E-state index is 12.1. The Morgan fingerprint density at radius 1 is 1.27 bits per heavy atom. The van der Waals surface area contributed by atoms with Gasteiger partial charge in [-0.2, -0.15) is 0 Å². The Hall–Kier alpha value is -2.39. The Bertz CT molecular complexity index is 1000. The van der Waals surface area contributed by atoms with E-state index >= 15 is 0 Å². The molecule has 8 nitrogen and oxygen atoms in total. The standard InChI is InChI=1S/C24H37N3O5Si/c1-24(2,3)32-20(28)13-16-11-17(12-16)26-21-18-7-8-27(15-31-9-10-33(4,5)6)22(18)25-14-19(21)23(29)30/h7-8,14,16-17H,9-13,15H2,1-6H3,(H,25,26)(H,29,30). The largest absolute Gasteiger partial charge is 0.478 e. The lowest BCUT2D eigenvalue weighted by molar-refractivity contribution is -0.156. The molecule has 1 aliphatic rings. The van der Waals surface area contributed by atoms with Crippen LogP contribution in [0.25, 0.3) is 11.0 Å². The number of pyridine rings is 1. The van der Waals surface area contributed by atoms with Gasteiger partial charge in [0.15, 0.2) is 0 Å². The van der Waals surface area contributed by atoms with Crippen molar-refractivity contribution >= 4 is 36.7 Å². The maximum absolute atomic E-state index is 12.1. The normalized spacial score (nSPS) is 18.7. The Morgan fingerprint density at radius 2 is 1.97 bits per heavy atom. The van der Waals surface area contributed by atoms with Crippen LogP contribution >= 0.6 is 0 Å². The molecule has 1 aliphatic carbocycles. The number of fused-ring (bicyclic) bond motifs is 1. The third-order valence-electron chi connectivity index (χ3n) is 5.71. The highest BCUT2D eigenvalue weighted by atomic mass is 28.3. The third-order valence-corrected chi connectivity index (χ3v) is 7.41.